The molecule has 0 heterocycles. The molecule has 2 aromatic rings. The van der Waals surface area contributed by atoms with Crippen molar-refractivity contribution in [2.75, 3.05) is 0 Å². The molecule has 3 nitrogen and oxygen atoms in total. The normalized spacial score (nSPS) is 10.9. The molecule has 0 unspecified atom stereocenters. The van der Waals surface area contributed by atoms with Crippen LogP contribution >= 0.6 is 0 Å². The minimum Gasteiger partial charge on any atom is -0.348 e. The van der Waals surface area contributed by atoms with E-state index in [0.29, 0.717) is 18.0 Å². The van der Waals surface area contributed by atoms with Gasteiger partial charge >= 0.3 is 0 Å². The molecule has 23 heavy (non-hydrogen) atoms. The first kappa shape index (κ1) is 16.7. The van der Waals surface area contributed by atoms with Gasteiger partial charge in [-0.05, 0) is 23.1 Å². The third kappa shape index (κ3) is 5.22. The Morgan fingerprint density at radius 3 is 2.22 bits per heavy atom. The van der Waals surface area contributed by atoms with E-state index in [9.17, 15) is 9.59 Å². The Morgan fingerprint density at radius 2 is 1.61 bits per heavy atom. The molecule has 0 aliphatic carbocycles. The van der Waals surface area contributed by atoms with Crippen molar-refractivity contribution in [3.05, 3.63) is 83.4 Å². The Bertz CT molecular complexity index is 685. The summed E-state index contributed by atoms with van der Waals surface area (Å²) in [5, 5.41) is 2.75. The summed E-state index contributed by atoms with van der Waals surface area (Å²) in [6.45, 7) is 4.66. The Labute approximate surface area is 137 Å². The molecule has 0 aliphatic rings. The van der Waals surface area contributed by atoms with Gasteiger partial charge in [-0.15, -0.1) is 0 Å². The van der Waals surface area contributed by atoms with Crippen LogP contribution in [0.1, 0.15) is 41.3 Å². The van der Waals surface area contributed by atoms with Gasteiger partial charge in [-0.25, -0.2) is 0 Å². The lowest BCUT2D eigenvalue weighted by atomic mass is 10.0. The maximum atomic E-state index is 12.0. The van der Waals surface area contributed by atoms with Crippen molar-refractivity contribution in [1.29, 1.82) is 0 Å². The van der Waals surface area contributed by atoms with E-state index in [1.807, 2.05) is 42.5 Å². The highest BCUT2D eigenvalue weighted by molar-refractivity contribution is 6.07. The van der Waals surface area contributed by atoms with Crippen molar-refractivity contribution >= 4 is 11.7 Å². The lowest BCUT2D eigenvalue weighted by molar-refractivity contribution is -0.116. The predicted molar refractivity (Wildman–Crippen MR) is 92.3 cm³/mol. The van der Waals surface area contributed by atoms with Crippen LogP contribution in [0.3, 0.4) is 0 Å². The lowest BCUT2D eigenvalue weighted by Crippen LogP contribution is -2.20. The molecule has 0 radical (unpaired) electrons. The molecule has 0 saturated carbocycles. The van der Waals surface area contributed by atoms with Gasteiger partial charge in [0.05, 0.1) is 0 Å². The largest absolute Gasteiger partial charge is 0.348 e. The summed E-state index contributed by atoms with van der Waals surface area (Å²) in [5.74, 6) is -0.0189. The minimum atomic E-state index is -0.277. The van der Waals surface area contributed by atoms with Crippen molar-refractivity contribution in [1.82, 2.24) is 5.32 Å². The quantitative estimate of drug-likeness (QED) is 0.650. The van der Waals surface area contributed by atoms with E-state index < -0.39 is 0 Å². The van der Waals surface area contributed by atoms with Gasteiger partial charge in [0, 0.05) is 18.2 Å². The fourth-order valence-corrected chi connectivity index (χ4v) is 2.12. The Kier molecular flexibility index (Phi) is 5.87. The number of carbonyl (C=O) groups excluding carboxylic acids is 2. The first-order chi connectivity index (χ1) is 11.1. The highest BCUT2D eigenvalue weighted by Gasteiger charge is 2.04. The van der Waals surface area contributed by atoms with Crippen LogP contribution in [0.25, 0.3) is 0 Å². The molecule has 0 fully saturated rings. The van der Waals surface area contributed by atoms with Gasteiger partial charge in [0.2, 0.25) is 5.91 Å². The molecule has 2 rings (SSSR count). The van der Waals surface area contributed by atoms with E-state index >= 15 is 0 Å². The molecular weight excluding hydrogens is 286 g/mol. The lowest BCUT2D eigenvalue weighted by Gasteiger charge is -2.05. The maximum Gasteiger partial charge on any atom is 0.244 e. The van der Waals surface area contributed by atoms with Crippen LogP contribution < -0.4 is 5.32 Å². The summed E-state index contributed by atoms with van der Waals surface area (Å²) >= 11 is 0. The highest BCUT2D eigenvalue weighted by Crippen LogP contribution is 2.15. The molecule has 3 heteroatoms. The maximum absolute atomic E-state index is 12.0. The number of amides is 1. The number of benzene rings is 2. The van der Waals surface area contributed by atoms with Gasteiger partial charge < -0.3 is 5.32 Å². The van der Waals surface area contributed by atoms with Crippen LogP contribution in [0.2, 0.25) is 0 Å². The van der Waals surface area contributed by atoms with Crippen LogP contribution in [-0.4, -0.2) is 11.7 Å². The summed E-state index contributed by atoms with van der Waals surface area (Å²) in [5.41, 5.74) is 2.79. The van der Waals surface area contributed by atoms with Crippen LogP contribution in [0.5, 0.6) is 0 Å². The van der Waals surface area contributed by atoms with Gasteiger partial charge in [0.1, 0.15) is 0 Å². The van der Waals surface area contributed by atoms with E-state index in [4.69, 9.17) is 0 Å². The van der Waals surface area contributed by atoms with Crippen molar-refractivity contribution in [3.8, 4) is 0 Å². The summed E-state index contributed by atoms with van der Waals surface area (Å²) in [6, 6.07) is 17.1. The zero-order chi connectivity index (χ0) is 16.7. The summed E-state index contributed by atoms with van der Waals surface area (Å²) in [7, 11) is 0. The fraction of sp³-hybridized carbons (Fsp3) is 0.200. The fourth-order valence-electron chi connectivity index (χ4n) is 2.12. The average molecular weight is 307 g/mol. The molecule has 0 aromatic heterocycles. The van der Waals surface area contributed by atoms with Crippen LogP contribution in [0.4, 0.5) is 0 Å². The van der Waals surface area contributed by atoms with E-state index in [1.165, 1.54) is 17.7 Å². The minimum absolute atomic E-state index is 0.171. The topological polar surface area (TPSA) is 46.2 Å². The second kappa shape index (κ2) is 8.08. The summed E-state index contributed by atoms with van der Waals surface area (Å²) in [4.78, 5) is 23.8. The number of hydrogen-bond donors (Lipinski definition) is 1. The third-order valence-corrected chi connectivity index (χ3v) is 3.56. The molecule has 0 saturated heterocycles. The Morgan fingerprint density at radius 1 is 0.957 bits per heavy atom. The zero-order valence-corrected chi connectivity index (χ0v) is 13.5. The molecule has 0 atom stereocenters. The van der Waals surface area contributed by atoms with Crippen molar-refractivity contribution in [2.24, 2.45) is 0 Å². The molecule has 2 aromatic carbocycles. The van der Waals surface area contributed by atoms with E-state index in [0.717, 1.165) is 5.56 Å². The molecule has 0 bridgehead atoms. The van der Waals surface area contributed by atoms with E-state index in [-0.39, 0.29) is 11.7 Å². The van der Waals surface area contributed by atoms with Gasteiger partial charge in [0.15, 0.2) is 5.78 Å². The van der Waals surface area contributed by atoms with E-state index in [1.54, 1.807) is 12.1 Å². The second-order valence-corrected chi connectivity index (χ2v) is 5.68. The second-order valence-electron chi connectivity index (χ2n) is 5.68. The van der Waals surface area contributed by atoms with Crippen LogP contribution in [0.15, 0.2) is 66.7 Å². The first-order valence-electron chi connectivity index (χ1n) is 7.70. The molecule has 1 amide bonds. The number of carbonyl (C=O) groups is 2. The number of allylic oxidation sites excluding steroid dienone is 1. The third-order valence-electron chi connectivity index (χ3n) is 3.56. The zero-order valence-electron chi connectivity index (χ0n) is 13.5. The van der Waals surface area contributed by atoms with Crippen molar-refractivity contribution < 1.29 is 9.59 Å². The Balaban J connectivity index is 1.88. The monoisotopic (exact) mass is 307 g/mol. The van der Waals surface area contributed by atoms with Gasteiger partial charge in [-0.2, -0.15) is 0 Å². The van der Waals surface area contributed by atoms with Crippen molar-refractivity contribution in [3.63, 3.8) is 0 Å². The SMILES string of the molecule is CC(C)c1ccc(C(=O)/C=C/C(=O)NCc2ccccc2)cc1. The Hall–Kier alpha value is -2.68. The summed E-state index contributed by atoms with van der Waals surface area (Å²) in [6.07, 6.45) is 2.59. The molecule has 1 N–H and O–H groups in total. The van der Waals surface area contributed by atoms with Gasteiger partial charge in [-0.1, -0.05) is 68.4 Å². The van der Waals surface area contributed by atoms with Gasteiger partial charge in [-0.3, -0.25) is 9.59 Å². The number of nitrogens with one attached hydrogen (secondary N) is 1. The van der Waals surface area contributed by atoms with Gasteiger partial charge in [0.25, 0.3) is 0 Å². The van der Waals surface area contributed by atoms with Crippen LogP contribution in [-0.2, 0) is 11.3 Å². The molecule has 0 spiro atoms. The smallest absolute Gasteiger partial charge is 0.244 e. The first-order valence-corrected chi connectivity index (χ1v) is 7.70. The molecular formula is C20H21NO2. The number of hydrogen-bond acceptors (Lipinski definition) is 2. The summed E-state index contributed by atoms with van der Waals surface area (Å²) < 4.78 is 0. The molecule has 0 aliphatic heterocycles. The average Bonchev–Trinajstić information content (AvgIpc) is 2.58. The van der Waals surface area contributed by atoms with Crippen molar-refractivity contribution in [2.45, 2.75) is 26.3 Å². The highest BCUT2D eigenvalue weighted by atomic mass is 16.1. The molecule has 118 valence electrons. The van der Waals surface area contributed by atoms with E-state index in [2.05, 4.69) is 19.2 Å². The number of rotatable bonds is 6. The predicted octanol–water partition coefficient (Wildman–Crippen LogP) is 3.87. The van der Waals surface area contributed by atoms with Crippen LogP contribution in [0, 0.1) is 0 Å². The number of ketones is 1. The standard InChI is InChI=1S/C20H21NO2/c1-15(2)17-8-10-18(11-9-17)19(22)12-13-20(23)21-14-16-6-4-3-5-7-16/h3-13,15H,14H2,1-2H3,(H,21,23)/b13-12+.